The minimum atomic E-state index is 0.0973. The highest BCUT2D eigenvalue weighted by molar-refractivity contribution is 5.48. The summed E-state index contributed by atoms with van der Waals surface area (Å²) in [6.07, 6.45) is 0. The van der Waals surface area contributed by atoms with E-state index in [9.17, 15) is 0 Å². The molecule has 1 aromatic rings. The minimum absolute atomic E-state index is 0.0973. The summed E-state index contributed by atoms with van der Waals surface area (Å²) in [5.74, 6) is 0. The zero-order valence-electron chi connectivity index (χ0n) is 10.3. The van der Waals surface area contributed by atoms with Crippen LogP contribution in [0.1, 0.15) is 19.4 Å². The van der Waals surface area contributed by atoms with Crippen molar-refractivity contribution < 1.29 is 9.84 Å². The number of aliphatic hydroxyl groups excluding tert-OH is 1. The van der Waals surface area contributed by atoms with Crippen LogP contribution in [0.4, 0.5) is 5.69 Å². The number of aliphatic hydroxyl groups is 1. The van der Waals surface area contributed by atoms with Gasteiger partial charge in [0.2, 0.25) is 0 Å². The Bertz CT molecular complexity index is 297. The van der Waals surface area contributed by atoms with Gasteiger partial charge in [-0.15, -0.1) is 0 Å². The van der Waals surface area contributed by atoms with Gasteiger partial charge in [0.05, 0.1) is 13.2 Å². The number of methoxy groups -OCH3 is 1. The van der Waals surface area contributed by atoms with Gasteiger partial charge in [0.1, 0.15) is 0 Å². The number of benzene rings is 1. The quantitative estimate of drug-likeness (QED) is 0.801. The smallest absolute Gasteiger partial charge is 0.0681 e. The van der Waals surface area contributed by atoms with Crippen molar-refractivity contribution in [1.82, 2.24) is 0 Å². The largest absolute Gasteiger partial charge is 0.392 e. The molecule has 1 rings (SSSR count). The lowest BCUT2D eigenvalue weighted by Crippen LogP contribution is -2.36. The van der Waals surface area contributed by atoms with Crippen molar-refractivity contribution in [1.29, 1.82) is 0 Å². The van der Waals surface area contributed by atoms with Gasteiger partial charge in [-0.25, -0.2) is 0 Å². The minimum Gasteiger partial charge on any atom is -0.392 e. The van der Waals surface area contributed by atoms with Crippen LogP contribution in [0.25, 0.3) is 0 Å². The second kappa shape index (κ2) is 6.51. The zero-order valence-corrected chi connectivity index (χ0v) is 10.3. The van der Waals surface area contributed by atoms with Crippen molar-refractivity contribution in [3.05, 3.63) is 29.8 Å². The molecular formula is C13H21NO2. The second-order valence-electron chi connectivity index (χ2n) is 3.91. The molecule has 0 heterocycles. The summed E-state index contributed by atoms with van der Waals surface area (Å²) >= 11 is 0. The monoisotopic (exact) mass is 223 g/mol. The number of rotatable bonds is 6. The number of hydrogen-bond acceptors (Lipinski definition) is 3. The van der Waals surface area contributed by atoms with E-state index in [1.54, 1.807) is 7.11 Å². The SMILES string of the molecule is CCN(c1ccc(CO)cc1)C(C)COC. The van der Waals surface area contributed by atoms with Crippen LogP contribution in [0.5, 0.6) is 0 Å². The molecule has 16 heavy (non-hydrogen) atoms. The number of hydrogen-bond donors (Lipinski definition) is 1. The van der Waals surface area contributed by atoms with Gasteiger partial charge in [0.15, 0.2) is 0 Å². The summed E-state index contributed by atoms with van der Waals surface area (Å²) in [6, 6.07) is 8.35. The van der Waals surface area contributed by atoms with E-state index in [0.717, 1.165) is 18.7 Å². The second-order valence-corrected chi connectivity index (χ2v) is 3.91. The van der Waals surface area contributed by atoms with Gasteiger partial charge in [-0.1, -0.05) is 12.1 Å². The maximum atomic E-state index is 8.98. The molecular weight excluding hydrogens is 202 g/mol. The van der Waals surface area contributed by atoms with E-state index < -0.39 is 0 Å². The van der Waals surface area contributed by atoms with E-state index in [1.165, 1.54) is 5.69 Å². The molecule has 1 unspecified atom stereocenters. The van der Waals surface area contributed by atoms with Crippen molar-refractivity contribution in [2.24, 2.45) is 0 Å². The summed E-state index contributed by atoms with van der Waals surface area (Å²) in [5.41, 5.74) is 2.11. The van der Waals surface area contributed by atoms with Crippen molar-refractivity contribution in [3.8, 4) is 0 Å². The lowest BCUT2D eigenvalue weighted by molar-refractivity contribution is 0.182. The number of ether oxygens (including phenoxy) is 1. The van der Waals surface area contributed by atoms with Crippen LogP contribution in [-0.4, -0.2) is 31.4 Å². The number of nitrogens with zero attached hydrogens (tertiary/aromatic N) is 1. The fourth-order valence-corrected chi connectivity index (χ4v) is 1.87. The molecule has 1 atom stereocenters. The first kappa shape index (κ1) is 13.0. The molecule has 0 bridgehead atoms. The van der Waals surface area contributed by atoms with Crippen LogP contribution in [-0.2, 0) is 11.3 Å². The van der Waals surface area contributed by atoms with Gasteiger partial charge in [-0.3, -0.25) is 0 Å². The highest BCUT2D eigenvalue weighted by Gasteiger charge is 2.12. The van der Waals surface area contributed by atoms with Crippen molar-refractivity contribution >= 4 is 5.69 Å². The highest BCUT2D eigenvalue weighted by Crippen LogP contribution is 2.17. The molecule has 0 amide bonds. The molecule has 90 valence electrons. The Hall–Kier alpha value is -1.06. The van der Waals surface area contributed by atoms with Crippen molar-refractivity contribution in [3.63, 3.8) is 0 Å². The van der Waals surface area contributed by atoms with E-state index in [2.05, 4.69) is 18.7 Å². The molecule has 0 fully saturated rings. The normalized spacial score (nSPS) is 12.5. The Morgan fingerprint density at radius 2 is 1.94 bits per heavy atom. The fraction of sp³-hybridized carbons (Fsp3) is 0.538. The van der Waals surface area contributed by atoms with Gasteiger partial charge >= 0.3 is 0 Å². The predicted octanol–water partition coefficient (Wildman–Crippen LogP) is 2.04. The number of likely N-dealkylation sites (N-methyl/N-ethyl adjacent to an activating group) is 1. The summed E-state index contributed by atoms with van der Waals surface area (Å²) in [5, 5.41) is 8.98. The predicted molar refractivity (Wildman–Crippen MR) is 66.7 cm³/mol. The van der Waals surface area contributed by atoms with E-state index in [-0.39, 0.29) is 6.61 Å². The molecule has 0 aromatic heterocycles. The topological polar surface area (TPSA) is 32.7 Å². The molecule has 0 saturated carbocycles. The summed E-state index contributed by atoms with van der Waals surface area (Å²) in [7, 11) is 1.72. The molecule has 3 heteroatoms. The van der Waals surface area contributed by atoms with Crippen LogP contribution in [0, 0.1) is 0 Å². The third-order valence-electron chi connectivity index (χ3n) is 2.73. The average molecular weight is 223 g/mol. The summed E-state index contributed by atoms with van der Waals surface area (Å²) in [6.45, 7) is 6.04. The molecule has 3 nitrogen and oxygen atoms in total. The Kier molecular flexibility index (Phi) is 5.29. The van der Waals surface area contributed by atoms with Crippen LogP contribution in [0.3, 0.4) is 0 Å². The lowest BCUT2D eigenvalue weighted by Gasteiger charge is -2.29. The van der Waals surface area contributed by atoms with Gasteiger partial charge < -0.3 is 14.7 Å². The molecule has 0 spiro atoms. The first-order chi connectivity index (χ1) is 7.72. The van der Waals surface area contributed by atoms with Gasteiger partial charge in [0.25, 0.3) is 0 Å². The first-order valence-electron chi connectivity index (χ1n) is 5.68. The van der Waals surface area contributed by atoms with E-state index >= 15 is 0 Å². The van der Waals surface area contributed by atoms with Gasteiger partial charge in [-0.2, -0.15) is 0 Å². The van der Waals surface area contributed by atoms with Gasteiger partial charge in [-0.05, 0) is 31.5 Å². The van der Waals surface area contributed by atoms with Crippen LogP contribution >= 0.6 is 0 Å². The van der Waals surface area contributed by atoms with Gasteiger partial charge in [0, 0.05) is 25.4 Å². The molecule has 1 N–H and O–H groups in total. The molecule has 0 aliphatic carbocycles. The molecule has 0 aliphatic rings. The third kappa shape index (κ3) is 3.22. The molecule has 0 radical (unpaired) electrons. The lowest BCUT2D eigenvalue weighted by atomic mass is 10.2. The molecule has 1 aromatic carbocycles. The average Bonchev–Trinajstić information content (AvgIpc) is 2.31. The van der Waals surface area contributed by atoms with Crippen LogP contribution < -0.4 is 4.90 Å². The van der Waals surface area contributed by atoms with E-state index in [1.807, 2.05) is 24.3 Å². The number of anilines is 1. The molecule has 0 aliphatic heterocycles. The Morgan fingerprint density at radius 1 is 1.31 bits per heavy atom. The highest BCUT2D eigenvalue weighted by atomic mass is 16.5. The summed E-state index contributed by atoms with van der Waals surface area (Å²) < 4.78 is 5.17. The van der Waals surface area contributed by atoms with E-state index in [4.69, 9.17) is 9.84 Å². The molecule has 0 saturated heterocycles. The third-order valence-corrected chi connectivity index (χ3v) is 2.73. The summed E-state index contributed by atoms with van der Waals surface area (Å²) in [4.78, 5) is 2.28. The van der Waals surface area contributed by atoms with E-state index in [0.29, 0.717) is 6.04 Å². The zero-order chi connectivity index (χ0) is 12.0. The Labute approximate surface area is 97.7 Å². The van der Waals surface area contributed by atoms with Crippen LogP contribution in [0.15, 0.2) is 24.3 Å². The standard InChI is InChI=1S/C13H21NO2/c1-4-14(11(2)10-16-3)13-7-5-12(9-15)6-8-13/h5-8,11,15H,4,9-10H2,1-3H3. The maximum absolute atomic E-state index is 8.98. The Morgan fingerprint density at radius 3 is 2.38 bits per heavy atom. The Balaban J connectivity index is 2.78. The van der Waals surface area contributed by atoms with Crippen molar-refractivity contribution in [2.75, 3.05) is 25.2 Å². The van der Waals surface area contributed by atoms with Crippen molar-refractivity contribution in [2.45, 2.75) is 26.5 Å². The maximum Gasteiger partial charge on any atom is 0.0681 e. The van der Waals surface area contributed by atoms with Crippen LogP contribution in [0.2, 0.25) is 0 Å². The first-order valence-corrected chi connectivity index (χ1v) is 5.68. The fourth-order valence-electron chi connectivity index (χ4n) is 1.87.